The van der Waals surface area contributed by atoms with Crippen LogP contribution in [0.5, 0.6) is 0 Å². The average molecular weight is 185 g/mol. The van der Waals surface area contributed by atoms with Gasteiger partial charge in [0.2, 0.25) is 0 Å². The van der Waals surface area contributed by atoms with Gasteiger partial charge in [0.05, 0.1) is 5.69 Å². The highest BCUT2D eigenvalue weighted by Gasteiger charge is 1.99. The summed E-state index contributed by atoms with van der Waals surface area (Å²) >= 11 is 5.80. The first kappa shape index (κ1) is 9.36. The fourth-order valence-electron chi connectivity index (χ4n) is 1.17. The summed E-state index contributed by atoms with van der Waals surface area (Å²) in [6, 6.07) is 5.72. The molecule has 0 saturated heterocycles. The van der Waals surface area contributed by atoms with Crippen LogP contribution in [0.1, 0.15) is 18.9 Å². The van der Waals surface area contributed by atoms with Crippen molar-refractivity contribution >= 4 is 17.3 Å². The van der Waals surface area contributed by atoms with E-state index in [4.69, 9.17) is 17.4 Å². The topological polar surface area (TPSA) is 38.0 Å². The summed E-state index contributed by atoms with van der Waals surface area (Å²) in [5.74, 6) is 5.34. The fraction of sp³-hybridized carbons (Fsp3) is 0.333. The largest absolute Gasteiger partial charge is 0.324 e. The zero-order valence-electron chi connectivity index (χ0n) is 7.10. The minimum atomic E-state index is 0.711. The van der Waals surface area contributed by atoms with E-state index in [9.17, 15) is 0 Å². The molecule has 66 valence electrons. The van der Waals surface area contributed by atoms with Gasteiger partial charge in [-0.1, -0.05) is 31.0 Å². The number of halogens is 1. The summed E-state index contributed by atoms with van der Waals surface area (Å²) in [5.41, 5.74) is 4.77. The van der Waals surface area contributed by atoms with E-state index in [1.807, 2.05) is 18.2 Å². The second-order valence-corrected chi connectivity index (χ2v) is 3.13. The average Bonchev–Trinajstić information content (AvgIpc) is 2.08. The summed E-state index contributed by atoms with van der Waals surface area (Å²) in [4.78, 5) is 0. The summed E-state index contributed by atoms with van der Waals surface area (Å²) in [5, 5.41) is 0.711. The second kappa shape index (κ2) is 4.33. The molecule has 1 rings (SSSR count). The van der Waals surface area contributed by atoms with Crippen molar-refractivity contribution in [2.24, 2.45) is 5.84 Å². The van der Waals surface area contributed by atoms with Crippen LogP contribution in [0.3, 0.4) is 0 Å². The number of nitrogens with two attached hydrogens (primary N) is 1. The van der Waals surface area contributed by atoms with Gasteiger partial charge in [-0.2, -0.15) is 0 Å². The van der Waals surface area contributed by atoms with Gasteiger partial charge in [0.15, 0.2) is 0 Å². The molecule has 0 fully saturated rings. The summed E-state index contributed by atoms with van der Waals surface area (Å²) in [6.45, 7) is 2.13. The minimum absolute atomic E-state index is 0.711. The summed E-state index contributed by atoms with van der Waals surface area (Å²) in [6.07, 6.45) is 2.13. The van der Waals surface area contributed by atoms with Crippen molar-refractivity contribution < 1.29 is 0 Å². The summed E-state index contributed by atoms with van der Waals surface area (Å²) in [7, 11) is 0. The smallest absolute Gasteiger partial charge is 0.0531 e. The Labute approximate surface area is 77.7 Å². The molecule has 1 aromatic carbocycles. The van der Waals surface area contributed by atoms with Crippen molar-refractivity contribution in [1.29, 1.82) is 0 Å². The molecular formula is C9H13ClN2. The standard InChI is InChI=1S/C9H13ClN2/c1-2-3-7-4-5-8(10)6-9(7)12-11/h4-6,12H,2-3,11H2,1H3. The molecule has 0 aliphatic carbocycles. The molecule has 0 atom stereocenters. The van der Waals surface area contributed by atoms with E-state index in [2.05, 4.69) is 12.3 Å². The molecule has 0 bridgehead atoms. The van der Waals surface area contributed by atoms with Gasteiger partial charge in [0.1, 0.15) is 0 Å². The molecule has 12 heavy (non-hydrogen) atoms. The van der Waals surface area contributed by atoms with Crippen molar-refractivity contribution in [3.05, 3.63) is 28.8 Å². The Morgan fingerprint density at radius 1 is 1.50 bits per heavy atom. The predicted octanol–water partition coefficient (Wildman–Crippen LogP) is 2.58. The maximum Gasteiger partial charge on any atom is 0.0531 e. The molecule has 0 spiro atoms. The number of hydrazine groups is 1. The van der Waals surface area contributed by atoms with Crippen molar-refractivity contribution in [1.82, 2.24) is 0 Å². The molecule has 0 saturated carbocycles. The van der Waals surface area contributed by atoms with Gasteiger partial charge in [-0.05, 0) is 24.1 Å². The quantitative estimate of drug-likeness (QED) is 0.560. The Morgan fingerprint density at radius 2 is 2.25 bits per heavy atom. The van der Waals surface area contributed by atoms with E-state index in [1.165, 1.54) is 5.56 Å². The molecule has 3 heteroatoms. The fourth-order valence-corrected chi connectivity index (χ4v) is 1.34. The van der Waals surface area contributed by atoms with Gasteiger partial charge in [-0.3, -0.25) is 5.84 Å². The Balaban J connectivity index is 2.94. The van der Waals surface area contributed by atoms with Crippen LogP contribution in [0.4, 0.5) is 5.69 Å². The van der Waals surface area contributed by atoms with E-state index in [1.54, 1.807) is 0 Å². The number of anilines is 1. The molecule has 0 aliphatic heterocycles. The molecule has 0 unspecified atom stereocenters. The van der Waals surface area contributed by atoms with E-state index < -0.39 is 0 Å². The van der Waals surface area contributed by atoms with Gasteiger partial charge in [0.25, 0.3) is 0 Å². The molecule has 3 N–H and O–H groups in total. The van der Waals surface area contributed by atoms with Gasteiger partial charge in [-0.15, -0.1) is 0 Å². The molecular weight excluding hydrogens is 172 g/mol. The molecule has 0 aromatic heterocycles. The van der Waals surface area contributed by atoms with Gasteiger partial charge in [-0.25, -0.2) is 0 Å². The van der Waals surface area contributed by atoms with E-state index in [0.717, 1.165) is 18.5 Å². The first-order valence-electron chi connectivity index (χ1n) is 4.03. The minimum Gasteiger partial charge on any atom is -0.324 e. The van der Waals surface area contributed by atoms with Gasteiger partial charge in [0, 0.05) is 5.02 Å². The van der Waals surface area contributed by atoms with Crippen LogP contribution >= 0.6 is 11.6 Å². The van der Waals surface area contributed by atoms with Crippen LogP contribution in [0.15, 0.2) is 18.2 Å². The third-order valence-electron chi connectivity index (χ3n) is 1.75. The molecule has 0 aliphatic rings. The van der Waals surface area contributed by atoms with Crippen molar-refractivity contribution in [2.75, 3.05) is 5.43 Å². The lowest BCUT2D eigenvalue weighted by Crippen LogP contribution is -2.09. The molecule has 0 amide bonds. The third-order valence-corrected chi connectivity index (χ3v) is 1.98. The lowest BCUT2D eigenvalue weighted by atomic mass is 10.1. The van der Waals surface area contributed by atoms with E-state index in [0.29, 0.717) is 5.02 Å². The first-order valence-corrected chi connectivity index (χ1v) is 4.40. The Morgan fingerprint density at radius 3 is 2.83 bits per heavy atom. The zero-order chi connectivity index (χ0) is 8.97. The highest BCUT2D eigenvalue weighted by molar-refractivity contribution is 6.30. The number of nitrogen functional groups attached to an aromatic ring is 1. The van der Waals surface area contributed by atoms with Crippen LogP contribution in [-0.4, -0.2) is 0 Å². The number of aryl methyl sites for hydroxylation is 1. The zero-order valence-corrected chi connectivity index (χ0v) is 7.86. The van der Waals surface area contributed by atoms with Gasteiger partial charge < -0.3 is 5.43 Å². The maximum atomic E-state index is 5.80. The third kappa shape index (κ3) is 2.13. The molecule has 0 heterocycles. The molecule has 0 radical (unpaired) electrons. The number of hydrogen-bond donors (Lipinski definition) is 2. The monoisotopic (exact) mass is 184 g/mol. The van der Waals surface area contributed by atoms with E-state index >= 15 is 0 Å². The van der Waals surface area contributed by atoms with Crippen molar-refractivity contribution in [2.45, 2.75) is 19.8 Å². The highest BCUT2D eigenvalue weighted by Crippen LogP contribution is 2.21. The number of hydrogen-bond acceptors (Lipinski definition) is 2. The van der Waals surface area contributed by atoms with Crippen LogP contribution in [0.25, 0.3) is 0 Å². The molecule has 2 nitrogen and oxygen atoms in total. The van der Waals surface area contributed by atoms with Crippen LogP contribution in [0.2, 0.25) is 5.02 Å². The predicted molar refractivity (Wildman–Crippen MR) is 53.3 cm³/mol. The lowest BCUT2D eigenvalue weighted by molar-refractivity contribution is 0.921. The number of rotatable bonds is 3. The molecule has 1 aromatic rings. The van der Waals surface area contributed by atoms with Crippen LogP contribution in [0, 0.1) is 0 Å². The first-order chi connectivity index (χ1) is 5.77. The number of nitrogens with one attached hydrogen (secondary N) is 1. The van der Waals surface area contributed by atoms with Crippen molar-refractivity contribution in [3.63, 3.8) is 0 Å². The SMILES string of the molecule is CCCc1ccc(Cl)cc1NN. The van der Waals surface area contributed by atoms with Crippen molar-refractivity contribution in [3.8, 4) is 0 Å². The Kier molecular flexibility index (Phi) is 3.38. The second-order valence-electron chi connectivity index (χ2n) is 2.70. The summed E-state index contributed by atoms with van der Waals surface area (Å²) < 4.78 is 0. The Bertz CT molecular complexity index is 261. The normalized spacial score (nSPS) is 9.92. The lowest BCUT2D eigenvalue weighted by Gasteiger charge is -2.07. The number of benzene rings is 1. The highest BCUT2D eigenvalue weighted by atomic mass is 35.5. The van der Waals surface area contributed by atoms with Crippen LogP contribution < -0.4 is 11.3 Å². The van der Waals surface area contributed by atoms with Gasteiger partial charge >= 0.3 is 0 Å². The van der Waals surface area contributed by atoms with E-state index in [-0.39, 0.29) is 0 Å². The maximum absolute atomic E-state index is 5.80. The Hall–Kier alpha value is -0.730. The van der Waals surface area contributed by atoms with Crippen LogP contribution in [-0.2, 0) is 6.42 Å².